The van der Waals surface area contributed by atoms with Crippen LogP contribution in [0.4, 0.5) is 5.69 Å². The van der Waals surface area contributed by atoms with Gasteiger partial charge in [0.25, 0.3) is 16.6 Å². The average Bonchev–Trinajstić information content (AvgIpc) is 3.46. The van der Waals surface area contributed by atoms with Crippen LogP contribution in [0.25, 0.3) is 0 Å². The Morgan fingerprint density at radius 2 is 1.94 bits per heavy atom. The Labute approximate surface area is 207 Å². The number of hydrogen-bond acceptors (Lipinski definition) is 10. The fourth-order valence-corrected chi connectivity index (χ4v) is 6.98. The lowest BCUT2D eigenvalue weighted by Gasteiger charge is -2.25. The molecular formula is C22H30N6O4S2+2. The number of amidine groups is 1. The van der Waals surface area contributed by atoms with Crippen LogP contribution in [-0.4, -0.2) is 98.8 Å². The number of aromatic hydroxyl groups is 1. The lowest BCUT2D eigenvalue weighted by Crippen LogP contribution is -2.38. The van der Waals surface area contributed by atoms with Crippen LogP contribution < -0.4 is 4.90 Å². The standard InChI is InChI=1S/C22H29N6O4S2/c1-4-19-16(2)27-22(28(19)24-21(34-22)32-15-25-9-13-31-14-10-25)33-20(23-27)26(11-12-30-3)17-5-7-18(29)8-6-17/h5-8H,4,9-15H2,1-3H3/q+1/p+1. The third kappa shape index (κ3) is 4.22. The van der Waals surface area contributed by atoms with Gasteiger partial charge in [-0.15, -0.1) is 0 Å². The Kier molecular flexibility index (Phi) is 6.85. The maximum atomic E-state index is 9.76. The molecule has 1 unspecified atom stereocenters. The Hall–Kier alpha value is -2.12. The summed E-state index contributed by atoms with van der Waals surface area (Å²) in [5.41, 5.74) is 3.17. The summed E-state index contributed by atoms with van der Waals surface area (Å²) in [5, 5.41) is 21.2. The van der Waals surface area contributed by atoms with Gasteiger partial charge in [-0.2, -0.15) is 0 Å². The number of benzene rings is 1. The molecule has 12 heteroatoms. The van der Waals surface area contributed by atoms with Gasteiger partial charge >= 0.3 is 9.56 Å². The minimum atomic E-state index is -0.576. The second-order valence-corrected chi connectivity index (χ2v) is 10.7. The molecule has 4 aliphatic heterocycles. The summed E-state index contributed by atoms with van der Waals surface area (Å²) in [7, 11) is 1.69. The maximum Gasteiger partial charge on any atom is 0.524 e. The number of methoxy groups -OCH3 is 1. The number of anilines is 1. The van der Waals surface area contributed by atoms with Gasteiger partial charge in [0.1, 0.15) is 24.2 Å². The number of phenolic OH excluding ortho intramolecular Hbond substituents is 1. The number of hydrazone groups is 2. The molecule has 34 heavy (non-hydrogen) atoms. The van der Waals surface area contributed by atoms with Crippen molar-refractivity contribution < 1.29 is 28.7 Å². The molecule has 1 aromatic carbocycles. The van der Waals surface area contributed by atoms with E-state index < -0.39 is 4.33 Å². The highest BCUT2D eigenvalue weighted by atomic mass is 32.2. The summed E-state index contributed by atoms with van der Waals surface area (Å²) >= 11 is 3.23. The highest BCUT2D eigenvalue weighted by Gasteiger charge is 2.74. The molecular weight excluding hydrogens is 476 g/mol. The summed E-state index contributed by atoms with van der Waals surface area (Å²) in [6, 6.07) is 7.16. The van der Waals surface area contributed by atoms with Crippen LogP contribution in [0.5, 0.6) is 5.75 Å². The number of hydrogen-bond donors (Lipinski definition) is 1. The van der Waals surface area contributed by atoms with E-state index in [0.29, 0.717) is 25.1 Å². The van der Waals surface area contributed by atoms with E-state index in [2.05, 4.69) is 33.0 Å². The highest BCUT2D eigenvalue weighted by molar-refractivity contribution is 8.30. The van der Waals surface area contributed by atoms with E-state index in [9.17, 15) is 5.11 Å². The van der Waals surface area contributed by atoms with Crippen molar-refractivity contribution in [3.8, 4) is 5.75 Å². The lowest BCUT2D eigenvalue weighted by molar-refractivity contribution is -0.752. The van der Waals surface area contributed by atoms with Gasteiger partial charge in [0.2, 0.25) is 0 Å². The predicted molar refractivity (Wildman–Crippen MR) is 135 cm³/mol. The first-order chi connectivity index (χ1) is 16.6. The monoisotopic (exact) mass is 506 g/mol. The van der Waals surface area contributed by atoms with Crippen molar-refractivity contribution in [1.29, 1.82) is 0 Å². The topological polar surface area (TPSA) is 85.1 Å². The zero-order chi connectivity index (χ0) is 23.7. The van der Waals surface area contributed by atoms with Crippen molar-refractivity contribution in [2.24, 2.45) is 10.2 Å². The number of phenols is 1. The molecule has 1 atom stereocenters. The van der Waals surface area contributed by atoms with Crippen LogP contribution in [0, 0.1) is 0 Å². The van der Waals surface area contributed by atoms with Crippen LogP contribution in [0.3, 0.4) is 0 Å². The van der Waals surface area contributed by atoms with Crippen molar-refractivity contribution in [2.45, 2.75) is 24.6 Å². The fraction of sp³-hybridized carbons (Fsp3) is 0.545. The average molecular weight is 507 g/mol. The molecule has 5 rings (SSSR count). The third-order valence-electron chi connectivity index (χ3n) is 6.06. The molecule has 0 saturated carbocycles. The van der Waals surface area contributed by atoms with Crippen LogP contribution in [0.15, 0.2) is 34.5 Å². The molecule has 1 fully saturated rings. The van der Waals surface area contributed by atoms with Crippen molar-refractivity contribution in [3.63, 3.8) is 0 Å². The maximum absolute atomic E-state index is 9.76. The van der Waals surface area contributed by atoms with E-state index in [1.54, 1.807) is 42.8 Å². The van der Waals surface area contributed by atoms with E-state index >= 15 is 0 Å². The Morgan fingerprint density at radius 3 is 2.65 bits per heavy atom. The minimum absolute atomic E-state index is 0.231. The second-order valence-electron chi connectivity index (χ2n) is 8.18. The summed E-state index contributed by atoms with van der Waals surface area (Å²) in [5.74, 6) is 0.231. The van der Waals surface area contributed by atoms with Gasteiger partial charge in [-0.1, -0.05) is 6.92 Å². The van der Waals surface area contributed by atoms with Gasteiger partial charge in [-0.05, 0) is 24.3 Å². The first-order valence-electron chi connectivity index (χ1n) is 11.4. The fourth-order valence-electron chi connectivity index (χ4n) is 4.24. The van der Waals surface area contributed by atoms with Gasteiger partial charge in [-0.25, -0.2) is 0 Å². The summed E-state index contributed by atoms with van der Waals surface area (Å²) in [6.45, 7) is 9.09. The van der Waals surface area contributed by atoms with Crippen molar-refractivity contribution in [2.75, 3.05) is 58.2 Å². The molecule has 0 aliphatic carbocycles. The number of rotatable bonds is 7. The molecule has 4 heterocycles. The molecule has 1 N–H and O–H groups in total. The summed E-state index contributed by atoms with van der Waals surface area (Å²) in [4.78, 5) is 4.35. The molecule has 1 spiro atoms. The minimum Gasteiger partial charge on any atom is -0.508 e. The summed E-state index contributed by atoms with van der Waals surface area (Å²) in [6.07, 6.45) is 0.849. The normalized spacial score (nSPS) is 24.3. The van der Waals surface area contributed by atoms with Crippen molar-refractivity contribution in [3.05, 3.63) is 24.3 Å². The highest BCUT2D eigenvalue weighted by Crippen LogP contribution is 2.52. The molecule has 0 radical (unpaired) electrons. The van der Waals surface area contributed by atoms with Gasteiger partial charge in [0.15, 0.2) is 0 Å². The van der Waals surface area contributed by atoms with Gasteiger partial charge in [0.05, 0.1) is 36.7 Å². The first-order valence-corrected chi connectivity index (χ1v) is 13.0. The van der Waals surface area contributed by atoms with Crippen LogP contribution >= 0.6 is 23.5 Å². The van der Waals surface area contributed by atoms with E-state index in [1.165, 1.54) is 0 Å². The third-order valence-corrected chi connectivity index (χ3v) is 8.64. The quantitative estimate of drug-likeness (QED) is 0.564. The number of morpholine rings is 1. The molecule has 0 amide bonds. The molecule has 10 nitrogen and oxygen atoms in total. The molecule has 0 aromatic heterocycles. The molecule has 1 saturated heterocycles. The largest absolute Gasteiger partial charge is 0.524 e. The van der Waals surface area contributed by atoms with Gasteiger partial charge in [0, 0.05) is 60.2 Å². The molecule has 1 aromatic rings. The summed E-state index contributed by atoms with van der Waals surface area (Å²) < 4.78 is 20.5. The van der Waals surface area contributed by atoms with Crippen molar-refractivity contribution in [1.82, 2.24) is 4.90 Å². The molecule has 182 valence electrons. The van der Waals surface area contributed by atoms with E-state index in [4.69, 9.17) is 24.4 Å². The van der Waals surface area contributed by atoms with Crippen molar-refractivity contribution >= 4 is 51.0 Å². The Morgan fingerprint density at radius 1 is 1.18 bits per heavy atom. The smallest absolute Gasteiger partial charge is 0.508 e. The molecule has 0 bridgehead atoms. The first kappa shape index (κ1) is 23.6. The zero-order valence-corrected chi connectivity index (χ0v) is 21.3. The van der Waals surface area contributed by atoms with E-state index in [-0.39, 0.29) is 5.75 Å². The zero-order valence-electron chi connectivity index (χ0n) is 19.6. The van der Waals surface area contributed by atoms with Crippen LogP contribution in [0.1, 0.15) is 20.3 Å². The van der Waals surface area contributed by atoms with Crippen LogP contribution in [-0.2, 0) is 14.2 Å². The second kappa shape index (κ2) is 9.86. The number of nitrogens with zero attached hydrogens (tertiary/aromatic N) is 6. The van der Waals surface area contributed by atoms with Gasteiger partial charge in [-0.3, -0.25) is 4.90 Å². The SMILES string of the molecule is CCC1=[N+]2N=C(OCN3CCOCC3)SC23SC(N(CCOC)c2ccc(O)cc2)=N[N+]3=C1C. The number of ether oxygens (including phenoxy) is 3. The lowest BCUT2D eigenvalue weighted by atomic mass is 10.2. The Bertz CT molecular complexity index is 1070. The Balaban J connectivity index is 1.40. The van der Waals surface area contributed by atoms with E-state index in [1.807, 2.05) is 12.1 Å². The number of thioether (sulfide) groups is 2. The van der Waals surface area contributed by atoms with Gasteiger partial charge < -0.3 is 24.2 Å². The van der Waals surface area contributed by atoms with E-state index in [0.717, 1.165) is 55.0 Å². The molecule has 4 aliphatic rings. The van der Waals surface area contributed by atoms with Crippen LogP contribution in [0.2, 0.25) is 0 Å². The predicted octanol–water partition coefficient (Wildman–Crippen LogP) is 2.15.